The van der Waals surface area contributed by atoms with Crippen LogP contribution in [0, 0.1) is 0 Å². The van der Waals surface area contributed by atoms with Gasteiger partial charge in [-0.05, 0) is 6.07 Å². The molecule has 0 spiro atoms. The van der Waals surface area contributed by atoms with Crippen molar-refractivity contribution >= 4 is 11.8 Å². The first-order valence-corrected chi connectivity index (χ1v) is 5.29. The van der Waals surface area contributed by atoms with Gasteiger partial charge in [-0.1, -0.05) is 0 Å². The van der Waals surface area contributed by atoms with E-state index < -0.39 is 17.8 Å². The number of anilines is 2. The highest BCUT2D eigenvalue weighted by Gasteiger charge is 2.33. The van der Waals surface area contributed by atoms with Gasteiger partial charge in [0.2, 0.25) is 5.95 Å². The first kappa shape index (κ1) is 13.1. The molecule has 0 amide bonds. The van der Waals surface area contributed by atoms with Gasteiger partial charge in [-0.25, -0.2) is 4.98 Å². The Labute approximate surface area is 106 Å². The topological polar surface area (TPSA) is 81.7 Å². The van der Waals surface area contributed by atoms with Crippen molar-refractivity contribution < 1.29 is 13.2 Å². The molecule has 2 rings (SSSR count). The van der Waals surface area contributed by atoms with E-state index in [1.165, 1.54) is 0 Å². The second kappa shape index (κ2) is 4.75. The van der Waals surface area contributed by atoms with Crippen molar-refractivity contribution in [3.05, 3.63) is 29.7 Å². The normalized spacial score (nSPS) is 11.6. The fourth-order valence-corrected chi connectivity index (χ4v) is 1.44. The SMILES string of the molecule is Cn1ccc(CNc2cc(C(F)(F)F)nc(N)n2)n1. The number of alkyl halides is 3. The Morgan fingerprint density at radius 3 is 2.68 bits per heavy atom. The van der Waals surface area contributed by atoms with Crippen molar-refractivity contribution in [2.45, 2.75) is 12.7 Å². The molecule has 0 bridgehead atoms. The maximum Gasteiger partial charge on any atom is 0.433 e. The molecular weight excluding hydrogens is 261 g/mol. The van der Waals surface area contributed by atoms with Gasteiger partial charge >= 0.3 is 6.18 Å². The van der Waals surface area contributed by atoms with Crippen molar-refractivity contribution in [3.8, 4) is 0 Å². The van der Waals surface area contributed by atoms with E-state index >= 15 is 0 Å². The Kier molecular flexibility index (Phi) is 3.28. The fraction of sp³-hybridized carbons (Fsp3) is 0.300. The lowest BCUT2D eigenvalue weighted by Gasteiger charge is -2.09. The number of hydrogen-bond acceptors (Lipinski definition) is 5. The van der Waals surface area contributed by atoms with E-state index in [0.717, 1.165) is 6.07 Å². The minimum absolute atomic E-state index is 0.00507. The minimum atomic E-state index is -4.56. The number of halogens is 3. The number of nitrogens with one attached hydrogen (secondary N) is 1. The monoisotopic (exact) mass is 272 g/mol. The summed E-state index contributed by atoms with van der Waals surface area (Å²) < 4.78 is 39.2. The molecule has 102 valence electrons. The molecule has 0 aliphatic carbocycles. The van der Waals surface area contributed by atoms with E-state index in [0.29, 0.717) is 5.69 Å². The summed E-state index contributed by atoms with van der Waals surface area (Å²) in [7, 11) is 1.74. The van der Waals surface area contributed by atoms with Crippen LogP contribution in [0.15, 0.2) is 18.3 Å². The van der Waals surface area contributed by atoms with E-state index in [1.807, 2.05) is 0 Å². The third kappa shape index (κ3) is 3.33. The number of hydrogen-bond donors (Lipinski definition) is 2. The van der Waals surface area contributed by atoms with Crippen molar-refractivity contribution in [1.82, 2.24) is 19.7 Å². The van der Waals surface area contributed by atoms with Crippen LogP contribution in [0.2, 0.25) is 0 Å². The highest BCUT2D eigenvalue weighted by atomic mass is 19.4. The van der Waals surface area contributed by atoms with Gasteiger partial charge in [-0.2, -0.15) is 23.3 Å². The molecule has 9 heteroatoms. The summed E-state index contributed by atoms with van der Waals surface area (Å²) in [5.41, 5.74) is 4.84. The van der Waals surface area contributed by atoms with Gasteiger partial charge in [0, 0.05) is 19.3 Å². The first-order chi connectivity index (χ1) is 8.84. The molecule has 0 radical (unpaired) electrons. The first-order valence-electron chi connectivity index (χ1n) is 5.29. The lowest BCUT2D eigenvalue weighted by molar-refractivity contribution is -0.141. The molecule has 0 aliphatic heterocycles. The van der Waals surface area contributed by atoms with Gasteiger partial charge in [0.25, 0.3) is 0 Å². The van der Waals surface area contributed by atoms with Gasteiger partial charge in [0.1, 0.15) is 5.82 Å². The Morgan fingerprint density at radius 2 is 2.11 bits per heavy atom. The zero-order valence-electron chi connectivity index (χ0n) is 9.94. The van der Waals surface area contributed by atoms with E-state index in [2.05, 4.69) is 20.4 Å². The third-order valence-corrected chi connectivity index (χ3v) is 2.25. The lowest BCUT2D eigenvalue weighted by Crippen LogP contribution is -2.13. The smallest absolute Gasteiger partial charge is 0.368 e. The molecule has 0 fully saturated rings. The van der Waals surface area contributed by atoms with Crippen molar-refractivity contribution in [1.29, 1.82) is 0 Å². The van der Waals surface area contributed by atoms with Gasteiger partial charge < -0.3 is 11.1 Å². The van der Waals surface area contributed by atoms with Crippen LogP contribution in [0.5, 0.6) is 0 Å². The summed E-state index contributed by atoms with van der Waals surface area (Å²) in [4.78, 5) is 6.84. The van der Waals surface area contributed by atoms with Crippen LogP contribution >= 0.6 is 0 Å². The number of aryl methyl sites for hydroxylation is 1. The highest BCUT2D eigenvalue weighted by molar-refractivity contribution is 5.41. The largest absolute Gasteiger partial charge is 0.433 e. The average Bonchev–Trinajstić information content (AvgIpc) is 2.71. The number of nitrogens with two attached hydrogens (primary N) is 1. The molecule has 0 saturated heterocycles. The molecule has 0 atom stereocenters. The fourth-order valence-electron chi connectivity index (χ4n) is 1.44. The molecule has 0 aliphatic rings. The van der Waals surface area contributed by atoms with Gasteiger partial charge in [-0.15, -0.1) is 0 Å². The van der Waals surface area contributed by atoms with E-state index in [4.69, 9.17) is 5.73 Å². The maximum atomic E-state index is 12.5. The molecule has 2 aromatic heterocycles. The Hall–Kier alpha value is -2.32. The standard InChI is InChI=1S/C10H11F3N6/c1-19-3-2-6(18-19)5-15-8-4-7(10(11,12)13)16-9(14)17-8/h2-4H,5H2,1H3,(H3,14,15,16,17). The summed E-state index contributed by atoms with van der Waals surface area (Å²) in [5, 5.41) is 6.80. The highest BCUT2D eigenvalue weighted by Crippen LogP contribution is 2.29. The van der Waals surface area contributed by atoms with Crippen LogP contribution in [0.25, 0.3) is 0 Å². The van der Waals surface area contributed by atoms with E-state index in [9.17, 15) is 13.2 Å². The zero-order chi connectivity index (χ0) is 14.0. The van der Waals surface area contributed by atoms with Crippen LogP contribution in [0.4, 0.5) is 24.9 Å². The molecule has 2 aromatic rings. The summed E-state index contributed by atoms with van der Waals surface area (Å²) in [6.45, 7) is 0.245. The van der Waals surface area contributed by atoms with Crippen LogP contribution in [0.1, 0.15) is 11.4 Å². The van der Waals surface area contributed by atoms with Gasteiger partial charge in [-0.3, -0.25) is 4.68 Å². The summed E-state index contributed by atoms with van der Waals surface area (Å²) in [6.07, 6.45) is -2.83. The number of aromatic nitrogens is 4. The lowest BCUT2D eigenvalue weighted by atomic mass is 10.3. The van der Waals surface area contributed by atoms with E-state index in [-0.39, 0.29) is 12.4 Å². The molecule has 3 N–H and O–H groups in total. The third-order valence-electron chi connectivity index (χ3n) is 2.25. The Morgan fingerprint density at radius 1 is 1.37 bits per heavy atom. The molecular formula is C10H11F3N6. The quantitative estimate of drug-likeness (QED) is 0.883. The van der Waals surface area contributed by atoms with E-state index in [1.54, 1.807) is 24.0 Å². The zero-order valence-corrected chi connectivity index (χ0v) is 9.94. The second-order valence-electron chi connectivity index (χ2n) is 3.83. The Balaban J connectivity index is 2.14. The average molecular weight is 272 g/mol. The maximum absolute atomic E-state index is 12.5. The minimum Gasteiger partial charge on any atom is -0.368 e. The van der Waals surface area contributed by atoms with Crippen LogP contribution in [-0.4, -0.2) is 19.7 Å². The summed E-state index contributed by atoms with van der Waals surface area (Å²) >= 11 is 0. The molecule has 0 saturated carbocycles. The van der Waals surface area contributed by atoms with Crippen LogP contribution in [-0.2, 0) is 19.8 Å². The molecule has 6 nitrogen and oxygen atoms in total. The van der Waals surface area contributed by atoms with Crippen molar-refractivity contribution in [3.63, 3.8) is 0 Å². The summed E-state index contributed by atoms with van der Waals surface area (Å²) in [5.74, 6) is -0.427. The second-order valence-corrected chi connectivity index (χ2v) is 3.83. The molecule has 19 heavy (non-hydrogen) atoms. The van der Waals surface area contributed by atoms with Gasteiger partial charge in [0.15, 0.2) is 5.69 Å². The van der Waals surface area contributed by atoms with Crippen molar-refractivity contribution in [2.75, 3.05) is 11.1 Å². The number of rotatable bonds is 3. The number of nitrogens with zero attached hydrogens (tertiary/aromatic N) is 4. The predicted molar refractivity (Wildman–Crippen MR) is 62.0 cm³/mol. The van der Waals surface area contributed by atoms with Crippen molar-refractivity contribution in [2.24, 2.45) is 7.05 Å². The van der Waals surface area contributed by atoms with Crippen LogP contribution < -0.4 is 11.1 Å². The molecule has 0 unspecified atom stereocenters. The molecule has 0 aromatic carbocycles. The number of nitrogen functional groups attached to an aromatic ring is 1. The summed E-state index contributed by atoms with van der Waals surface area (Å²) in [6, 6.07) is 2.54. The van der Waals surface area contributed by atoms with Crippen LogP contribution in [0.3, 0.4) is 0 Å². The van der Waals surface area contributed by atoms with Gasteiger partial charge in [0.05, 0.1) is 12.2 Å². The Bertz CT molecular complexity index is 577. The molecule has 2 heterocycles. The predicted octanol–water partition coefficient (Wildman–Crippen LogP) is 1.42.